The number of aryl methyl sites for hydroxylation is 1. The van der Waals surface area contributed by atoms with E-state index in [4.69, 9.17) is 5.73 Å². The zero-order valence-corrected chi connectivity index (χ0v) is 13.6. The number of carbonyl (C=O) groups excluding carboxylic acids is 1. The molecule has 6 heteroatoms. The van der Waals surface area contributed by atoms with Crippen LogP contribution in [0.25, 0.3) is 4.91 Å². The highest BCUT2D eigenvalue weighted by atomic mass is 32.2. The van der Waals surface area contributed by atoms with Crippen LogP contribution < -0.4 is 5.73 Å². The third-order valence-electron chi connectivity index (χ3n) is 3.68. The Morgan fingerprint density at radius 2 is 2.09 bits per heavy atom. The average Bonchev–Trinajstić information content (AvgIpc) is 2.91. The van der Waals surface area contributed by atoms with Crippen molar-refractivity contribution >= 4 is 34.1 Å². The van der Waals surface area contributed by atoms with E-state index in [0.29, 0.717) is 5.84 Å². The predicted octanol–water partition coefficient (Wildman–Crippen LogP) is 2.21. The molecule has 114 valence electrons. The molecular weight excluding hydrogens is 296 g/mol. The summed E-state index contributed by atoms with van der Waals surface area (Å²) in [7, 11) is 0. The topological polar surface area (TPSA) is 80.7 Å². The fourth-order valence-corrected chi connectivity index (χ4v) is 3.43. The van der Waals surface area contributed by atoms with Crippen molar-refractivity contribution in [1.29, 1.82) is 0 Å². The number of aromatic nitrogens is 1. The van der Waals surface area contributed by atoms with E-state index in [1.807, 2.05) is 39.0 Å². The lowest BCUT2D eigenvalue weighted by molar-refractivity contribution is -0.116. The van der Waals surface area contributed by atoms with Gasteiger partial charge in [0.2, 0.25) is 0 Å². The monoisotopic (exact) mass is 314 g/mol. The van der Waals surface area contributed by atoms with Crippen LogP contribution in [0.4, 0.5) is 0 Å². The lowest BCUT2D eigenvalue weighted by Gasteiger charge is -2.19. The summed E-state index contributed by atoms with van der Waals surface area (Å²) < 4.78 is 0. The number of thioether (sulfide) groups is 1. The number of nitrogens with two attached hydrogens (primary N) is 1. The van der Waals surface area contributed by atoms with Gasteiger partial charge in [0.1, 0.15) is 11.1 Å². The molecule has 3 heterocycles. The molecule has 2 aliphatic rings. The van der Waals surface area contributed by atoms with E-state index in [-0.39, 0.29) is 23.1 Å². The first-order chi connectivity index (χ1) is 10.5. The quantitative estimate of drug-likeness (QED) is 0.927. The van der Waals surface area contributed by atoms with Crippen LogP contribution in [0.3, 0.4) is 0 Å². The van der Waals surface area contributed by atoms with Crippen LogP contribution in [0.15, 0.2) is 34.4 Å². The Hall–Kier alpha value is -1.79. The number of rotatable bonds is 3. The molecular formula is C16H18N4OS. The Morgan fingerprint density at radius 3 is 2.77 bits per heavy atom. The van der Waals surface area contributed by atoms with Gasteiger partial charge in [0.15, 0.2) is 0 Å². The average molecular weight is 314 g/mol. The van der Waals surface area contributed by atoms with Crippen LogP contribution in [0.2, 0.25) is 0 Å². The van der Waals surface area contributed by atoms with Gasteiger partial charge in [0.25, 0.3) is 5.91 Å². The molecule has 0 spiro atoms. The fraction of sp³-hybridized carbons (Fsp3) is 0.375. The third-order valence-corrected chi connectivity index (χ3v) is 4.97. The highest BCUT2D eigenvalue weighted by Crippen LogP contribution is 2.39. The van der Waals surface area contributed by atoms with Crippen LogP contribution >= 0.6 is 11.8 Å². The van der Waals surface area contributed by atoms with Crippen molar-refractivity contribution in [2.24, 2.45) is 21.6 Å². The summed E-state index contributed by atoms with van der Waals surface area (Å²) in [6.07, 6.45) is 3.73. The summed E-state index contributed by atoms with van der Waals surface area (Å²) >= 11 is 1.49. The Kier molecular flexibility index (Phi) is 3.97. The molecule has 2 N–H and O–H groups in total. The molecule has 5 nitrogen and oxygen atoms in total. The Morgan fingerprint density at radius 1 is 1.32 bits per heavy atom. The molecule has 0 radical (unpaired) electrons. The SMILES string of the molecule is Cc1cc(C2=CC3=NC([C@@H](N)C(C)C)=NC(=O)C3S2)ccn1. The second-order valence-corrected chi connectivity index (χ2v) is 6.95. The van der Waals surface area contributed by atoms with E-state index in [1.165, 1.54) is 11.8 Å². The van der Waals surface area contributed by atoms with Gasteiger partial charge in [0.05, 0.1) is 11.8 Å². The van der Waals surface area contributed by atoms with Crippen molar-refractivity contribution in [2.75, 3.05) is 0 Å². The molecule has 1 aromatic heterocycles. The largest absolute Gasteiger partial charge is 0.321 e. The Balaban J connectivity index is 1.93. The molecule has 0 saturated heterocycles. The molecule has 22 heavy (non-hydrogen) atoms. The maximum atomic E-state index is 12.3. The molecule has 0 aliphatic carbocycles. The maximum Gasteiger partial charge on any atom is 0.267 e. The van der Waals surface area contributed by atoms with Gasteiger partial charge in [-0.25, -0.2) is 4.99 Å². The van der Waals surface area contributed by atoms with Gasteiger partial charge >= 0.3 is 0 Å². The van der Waals surface area contributed by atoms with Crippen LogP contribution in [-0.4, -0.2) is 33.7 Å². The van der Waals surface area contributed by atoms with Crippen LogP contribution in [-0.2, 0) is 4.79 Å². The summed E-state index contributed by atoms with van der Waals surface area (Å²) in [5.74, 6) is 0.459. The highest BCUT2D eigenvalue weighted by Gasteiger charge is 2.35. The van der Waals surface area contributed by atoms with Gasteiger partial charge < -0.3 is 5.73 Å². The molecule has 0 aromatic carbocycles. The predicted molar refractivity (Wildman–Crippen MR) is 91.0 cm³/mol. The van der Waals surface area contributed by atoms with Crippen molar-refractivity contribution in [3.05, 3.63) is 35.7 Å². The van der Waals surface area contributed by atoms with Crippen molar-refractivity contribution < 1.29 is 4.79 Å². The Labute approximate surface area is 133 Å². The fourth-order valence-electron chi connectivity index (χ4n) is 2.33. The summed E-state index contributed by atoms with van der Waals surface area (Å²) in [5, 5.41) is -0.341. The molecule has 1 aromatic rings. The zero-order valence-electron chi connectivity index (χ0n) is 12.8. The number of pyridine rings is 1. The summed E-state index contributed by atoms with van der Waals surface area (Å²) in [5.41, 5.74) is 8.82. The minimum atomic E-state index is -0.341. The lowest BCUT2D eigenvalue weighted by Crippen LogP contribution is -2.39. The number of fused-ring (bicyclic) bond motifs is 1. The lowest BCUT2D eigenvalue weighted by atomic mass is 10.0. The zero-order chi connectivity index (χ0) is 15.9. The molecule has 0 saturated carbocycles. The first-order valence-electron chi connectivity index (χ1n) is 7.23. The Bertz CT molecular complexity index is 721. The highest BCUT2D eigenvalue weighted by molar-refractivity contribution is 8.10. The number of aliphatic imine (C=N–C) groups is 2. The molecule has 1 unspecified atom stereocenters. The second-order valence-electron chi connectivity index (χ2n) is 5.81. The number of nitrogens with zero attached hydrogens (tertiary/aromatic N) is 3. The third kappa shape index (κ3) is 2.76. The molecule has 3 rings (SSSR count). The number of hydrogen-bond donors (Lipinski definition) is 1. The van der Waals surface area contributed by atoms with Gasteiger partial charge in [-0.05, 0) is 36.6 Å². The van der Waals surface area contributed by atoms with Crippen molar-refractivity contribution in [3.63, 3.8) is 0 Å². The number of hydrogen-bond acceptors (Lipinski definition) is 5. The van der Waals surface area contributed by atoms with E-state index in [1.54, 1.807) is 6.20 Å². The van der Waals surface area contributed by atoms with Crippen molar-refractivity contribution in [2.45, 2.75) is 32.1 Å². The van der Waals surface area contributed by atoms with Gasteiger partial charge in [-0.15, -0.1) is 11.8 Å². The van der Waals surface area contributed by atoms with E-state index in [2.05, 4.69) is 15.0 Å². The van der Waals surface area contributed by atoms with Crippen LogP contribution in [0.1, 0.15) is 25.1 Å². The normalized spacial score (nSPS) is 22.1. The summed E-state index contributed by atoms with van der Waals surface area (Å²) in [4.78, 5) is 26.1. The van der Waals surface area contributed by atoms with Gasteiger partial charge in [-0.1, -0.05) is 13.8 Å². The van der Waals surface area contributed by atoms with Crippen LogP contribution in [0, 0.1) is 12.8 Å². The molecule has 2 aliphatic heterocycles. The maximum absolute atomic E-state index is 12.3. The molecule has 2 atom stereocenters. The summed E-state index contributed by atoms with van der Waals surface area (Å²) in [6.45, 7) is 5.94. The van der Waals surface area contributed by atoms with Gasteiger partial charge in [-0.2, -0.15) is 4.99 Å². The number of amides is 1. The van der Waals surface area contributed by atoms with Gasteiger partial charge in [-0.3, -0.25) is 9.78 Å². The van der Waals surface area contributed by atoms with E-state index in [0.717, 1.165) is 21.9 Å². The van der Waals surface area contributed by atoms with E-state index in [9.17, 15) is 4.79 Å². The van der Waals surface area contributed by atoms with Crippen LogP contribution in [0.5, 0.6) is 0 Å². The number of allylic oxidation sites excluding steroid dienone is 1. The number of carbonyl (C=O) groups is 1. The number of amidine groups is 1. The minimum Gasteiger partial charge on any atom is -0.321 e. The van der Waals surface area contributed by atoms with Crippen molar-refractivity contribution in [1.82, 2.24) is 4.98 Å². The first kappa shape index (κ1) is 15.1. The van der Waals surface area contributed by atoms with E-state index >= 15 is 0 Å². The minimum absolute atomic E-state index is 0.168. The smallest absolute Gasteiger partial charge is 0.267 e. The van der Waals surface area contributed by atoms with Crippen molar-refractivity contribution in [3.8, 4) is 0 Å². The standard InChI is InChI=1S/C16H18N4OS/c1-8(2)13(17)15-19-11-7-12(22-14(11)16(21)20-15)10-4-5-18-9(3)6-10/h4-8,13-14H,17H2,1-3H3/t13-,14?/m0/s1. The van der Waals surface area contributed by atoms with E-state index < -0.39 is 0 Å². The first-order valence-corrected chi connectivity index (χ1v) is 8.11. The second kappa shape index (κ2) is 5.78. The van der Waals surface area contributed by atoms with Gasteiger partial charge in [0, 0.05) is 16.8 Å². The summed E-state index contributed by atoms with van der Waals surface area (Å²) in [6, 6.07) is 3.63. The molecule has 1 amide bonds. The molecule has 0 fully saturated rings. The molecule has 0 bridgehead atoms.